The molecule has 1 N–H and O–H groups in total. The van der Waals surface area contributed by atoms with Crippen molar-refractivity contribution in [2.24, 2.45) is 0 Å². The van der Waals surface area contributed by atoms with Crippen molar-refractivity contribution in [3.8, 4) is 0 Å². The van der Waals surface area contributed by atoms with Gasteiger partial charge in [0, 0.05) is 31.4 Å². The molecule has 2 aliphatic rings. The number of carbonyl (C=O) groups excluding carboxylic acids is 1. The zero-order valence-corrected chi connectivity index (χ0v) is 16.7. The molecule has 2 aromatic rings. The number of nitrogens with zero attached hydrogens (tertiary/aromatic N) is 5. The normalized spacial score (nSPS) is 18.1. The van der Waals surface area contributed by atoms with Crippen molar-refractivity contribution in [2.75, 3.05) is 24.5 Å². The summed E-state index contributed by atoms with van der Waals surface area (Å²) in [5.41, 5.74) is 1.77. The number of hydrogen-bond donors (Lipinski definition) is 1. The van der Waals surface area contributed by atoms with Gasteiger partial charge in [0.1, 0.15) is 0 Å². The summed E-state index contributed by atoms with van der Waals surface area (Å²) in [5.74, 6) is 0.308. The molecule has 1 fully saturated rings. The van der Waals surface area contributed by atoms with E-state index >= 15 is 0 Å². The number of likely N-dealkylation sites (tertiary alicyclic amines) is 1. The highest BCUT2D eigenvalue weighted by molar-refractivity contribution is 5.93. The Bertz CT molecular complexity index is 985. The van der Waals surface area contributed by atoms with Gasteiger partial charge >= 0.3 is 6.18 Å². The highest BCUT2D eigenvalue weighted by atomic mass is 19.4. The van der Waals surface area contributed by atoms with Crippen molar-refractivity contribution >= 4 is 11.7 Å². The monoisotopic (exact) mass is 421 g/mol. The Morgan fingerprint density at radius 3 is 2.63 bits per heavy atom. The third kappa shape index (κ3) is 4.23. The number of β-amino-alcohol motifs (C(OH)–C–C–N with tert-alkyl or cyclic N) is 1. The van der Waals surface area contributed by atoms with Crippen molar-refractivity contribution in [2.45, 2.75) is 45.0 Å². The summed E-state index contributed by atoms with van der Waals surface area (Å²) in [4.78, 5) is 20.1. The van der Waals surface area contributed by atoms with E-state index in [1.807, 2.05) is 11.8 Å². The van der Waals surface area contributed by atoms with Crippen molar-refractivity contribution < 1.29 is 23.1 Å². The third-order valence-electron chi connectivity index (χ3n) is 5.33. The number of amides is 1. The standard InChI is InChI=1S/C20H22F3N5O2/c1-12-5-16(18(29)28-10-19(2,30)11-28)25-26-17(12)27-4-3-15-14(9-27)6-13(8-24-15)7-20(21,22)23/h5-6,8,30H,3-4,7,9-11H2,1-2H3. The summed E-state index contributed by atoms with van der Waals surface area (Å²) < 4.78 is 38.1. The summed E-state index contributed by atoms with van der Waals surface area (Å²) >= 11 is 0. The van der Waals surface area contributed by atoms with E-state index in [-0.39, 0.29) is 30.3 Å². The topological polar surface area (TPSA) is 82.5 Å². The second kappa shape index (κ2) is 7.19. The molecule has 1 saturated heterocycles. The molecule has 2 aliphatic heterocycles. The molecule has 0 aromatic carbocycles. The molecule has 0 bridgehead atoms. The van der Waals surface area contributed by atoms with Gasteiger partial charge < -0.3 is 14.9 Å². The lowest BCUT2D eigenvalue weighted by Crippen LogP contribution is -2.61. The molecule has 4 heterocycles. The van der Waals surface area contributed by atoms with E-state index in [1.165, 1.54) is 11.1 Å². The average Bonchev–Trinajstić information content (AvgIpc) is 2.63. The van der Waals surface area contributed by atoms with Crippen LogP contribution in [-0.2, 0) is 19.4 Å². The number of anilines is 1. The van der Waals surface area contributed by atoms with E-state index in [4.69, 9.17) is 0 Å². The molecule has 0 radical (unpaired) electrons. The van der Waals surface area contributed by atoms with E-state index in [0.717, 1.165) is 16.8 Å². The van der Waals surface area contributed by atoms with Crippen LogP contribution in [-0.4, -0.2) is 62.5 Å². The predicted molar refractivity (Wildman–Crippen MR) is 102 cm³/mol. The van der Waals surface area contributed by atoms with Gasteiger partial charge in [-0.3, -0.25) is 9.78 Å². The number of hydrogen-bond acceptors (Lipinski definition) is 6. The summed E-state index contributed by atoms with van der Waals surface area (Å²) in [7, 11) is 0. The van der Waals surface area contributed by atoms with Crippen LogP contribution in [0.2, 0.25) is 0 Å². The van der Waals surface area contributed by atoms with Gasteiger partial charge in [-0.15, -0.1) is 10.2 Å². The zero-order chi connectivity index (χ0) is 21.7. The first-order valence-corrected chi connectivity index (χ1v) is 9.65. The second-order valence-corrected chi connectivity index (χ2v) is 8.31. The van der Waals surface area contributed by atoms with Gasteiger partial charge in [0.2, 0.25) is 0 Å². The largest absolute Gasteiger partial charge is 0.393 e. The van der Waals surface area contributed by atoms with Gasteiger partial charge in [-0.25, -0.2) is 0 Å². The fraction of sp³-hybridized carbons (Fsp3) is 0.500. The lowest BCUT2D eigenvalue weighted by molar-refractivity contribution is -0.127. The number of halogens is 3. The van der Waals surface area contributed by atoms with Crippen LogP contribution < -0.4 is 4.90 Å². The number of pyridine rings is 1. The summed E-state index contributed by atoms with van der Waals surface area (Å²) in [6.07, 6.45) is -3.40. The molecular weight excluding hydrogens is 399 g/mol. The molecule has 0 saturated carbocycles. The number of aliphatic hydroxyl groups is 1. The molecule has 0 unspecified atom stereocenters. The Morgan fingerprint density at radius 1 is 1.27 bits per heavy atom. The molecule has 2 aromatic heterocycles. The lowest BCUT2D eigenvalue weighted by atomic mass is 9.96. The predicted octanol–water partition coefficient (Wildman–Crippen LogP) is 2.05. The van der Waals surface area contributed by atoms with Crippen molar-refractivity contribution in [1.82, 2.24) is 20.1 Å². The first kappa shape index (κ1) is 20.5. The van der Waals surface area contributed by atoms with Gasteiger partial charge in [-0.05, 0) is 36.6 Å². The number of carbonyl (C=O) groups is 1. The van der Waals surface area contributed by atoms with Gasteiger partial charge in [-0.2, -0.15) is 13.2 Å². The minimum absolute atomic E-state index is 0.136. The molecule has 0 spiro atoms. The summed E-state index contributed by atoms with van der Waals surface area (Å²) in [5, 5.41) is 18.1. The van der Waals surface area contributed by atoms with Gasteiger partial charge in [0.05, 0.1) is 25.1 Å². The maximum atomic E-state index is 12.7. The molecule has 7 nitrogen and oxygen atoms in total. The minimum Gasteiger partial charge on any atom is -0.386 e. The first-order chi connectivity index (χ1) is 14.0. The van der Waals surface area contributed by atoms with Crippen molar-refractivity contribution in [1.29, 1.82) is 0 Å². The lowest BCUT2D eigenvalue weighted by Gasteiger charge is -2.43. The zero-order valence-electron chi connectivity index (χ0n) is 16.7. The van der Waals surface area contributed by atoms with E-state index in [0.29, 0.717) is 25.3 Å². The van der Waals surface area contributed by atoms with Crippen LogP contribution in [0.15, 0.2) is 18.3 Å². The van der Waals surface area contributed by atoms with Gasteiger partial charge in [0.15, 0.2) is 11.5 Å². The molecule has 160 valence electrons. The number of aromatic nitrogens is 3. The number of rotatable bonds is 3. The van der Waals surface area contributed by atoms with Crippen LogP contribution in [0, 0.1) is 6.92 Å². The maximum absolute atomic E-state index is 12.7. The Labute approximate surface area is 171 Å². The van der Waals surface area contributed by atoms with Crippen LogP contribution in [0.3, 0.4) is 0 Å². The van der Waals surface area contributed by atoms with Crippen LogP contribution >= 0.6 is 0 Å². The fourth-order valence-electron chi connectivity index (χ4n) is 3.96. The third-order valence-corrected chi connectivity index (χ3v) is 5.33. The van der Waals surface area contributed by atoms with Crippen LogP contribution in [0.1, 0.15) is 39.8 Å². The molecule has 10 heteroatoms. The average molecular weight is 421 g/mol. The first-order valence-electron chi connectivity index (χ1n) is 9.65. The van der Waals surface area contributed by atoms with Crippen LogP contribution in [0.4, 0.5) is 19.0 Å². The maximum Gasteiger partial charge on any atom is 0.393 e. The number of fused-ring (bicyclic) bond motifs is 1. The highest BCUT2D eigenvalue weighted by Crippen LogP contribution is 2.28. The number of alkyl halides is 3. The Hall–Kier alpha value is -2.75. The highest BCUT2D eigenvalue weighted by Gasteiger charge is 2.40. The van der Waals surface area contributed by atoms with Crippen LogP contribution in [0.25, 0.3) is 0 Å². The summed E-state index contributed by atoms with van der Waals surface area (Å²) in [6.45, 7) is 4.98. The van der Waals surface area contributed by atoms with E-state index < -0.39 is 18.2 Å². The Kier molecular flexibility index (Phi) is 4.92. The Balaban J connectivity index is 1.50. The van der Waals surface area contributed by atoms with Crippen LogP contribution in [0.5, 0.6) is 0 Å². The van der Waals surface area contributed by atoms with Gasteiger partial charge in [0.25, 0.3) is 5.91 Å². The van der Waals surface area contributed by atoms with E-state index in [2.05, 4.69) is 15.2 Å². The smallest absolute Gasteiger partial charge is 0.386 e. The minimum atomic E-state index is -4.28. The molecule has 0 atom stereocenters. The molecular formula is C20H22F3N5O2. The van der Waals surface area contributed by atoms with Crippen molar-refractivity contribution in [3.05, 3.63) is 46.4 Å². The molecule has 1 amide bonds. The molecule has 4 rings (SSSR count). The fourth-order valence-corrected chi connectivity index (χ4v) is 3.96. The van der Waals surface area contributed by atoms with E-state index in [1.54, 1.807) is 19.1 Å². The molecule has 0 aliphatic carbocycles. The molecule has 30 heavy (non-hydrogen) atoms. The second-order valence-electron chi connectivity index (χ2n) is 8.31. The van der Waals surface area contributed by atoms with Gasteiger partial charge in [-0.1, -0.05) is 6.07 Å². The SMILES string of the molecule is Cc1cc(C(=O)N2CC(C)(O)C2)nnc1N1CCc2ncc(CC(F)(F)F)cc2C1. The number of aryl methyl sites for hydroxylation is 1. The van der Waals surface area contributed by atoms with Crippen molar-refractivity contribution in [3.63, 3.8) is 0 Å². The quantitative estimate of drug-likeness (QED) is 0.817. The van der Waals surface area contributed by atoms with E-state index in [9.17, 15) is 23.1 Å². The summed E-state index contributed by atoms with van der Waals surface area (Å²) in [6, 6.07) is 3.21. The Morgan fingerprint density at radius 2 is 2.00 bits per heavy atom.